The molecular formula is C20H39N3O3. The number of ether oxygens (including phenoxy) is 1. The van der Waals surface area contributed by atoms with Crippen LogP contribution in [0.25, 0.3) is 0 Å². The number of nitrogens with one attached hydrogen (secondary N) is 2. The molecule has 1 heterocycles. The van der Waals surface area contributed by atoms with Crippen molar-refractivity contribution < 1.29 is 14.3 Å². The van der Waals surface area contributed by atoms with Gasteiger partial charge in [0, 0.05) is 36.7 Å². The molecule has 0 saturated carbocycles. The second-order valence-electron chi connectivity index (χ2n) is 8.42. The van der Waals surface area contributed by atoms with Crippen LogP contribution < -0.4 is 11.0 Å². The van der Waals surface area contributed by atoms with E-state index in [1.54, 1.807) is 13.8 Å². The third-order valence-electron chi connectivity index (χ3n) is 3.73. The summed E-state index contributed by atoms with van der Waals surface area (Å²) in [6.45, 7) is 17.6. The summed E-state index contributed by atoms with van der Waals surface area (Å²) in [5.41, 5.74) is 7.03. The third-order valence-corrected chi connectivity index (χ3v) is 3.73. The van der Waals surface area contributed by atoms with Gasteiger partial charge >= 0.3 is 0 Å². The van der Waals surface area contributed by atoms with E-state index in [-0.39, 0.29) is 22.4 Å². The second kappa shape index (κ2) is 11.3. The van der Waals surface area contributed by atoms with Gasteiger partial charge in [-0.1, -0.05) is 41.5 Å². The summed E-state index contributed by atoms with van der Waals surface area (Å²) < 4.78 is 5.89. The SMILES string of the molecule is CC.CC(=O)CCC1=CN(CC(C)(C)COCC(C)(C)CC(C)=O)NN1. The molecule has 0 unspecified atom stereocenters. The number of hydrazine groups is 2. The Hall–Kier alpha value is -1.40. The number of allylic oxidation sites excluding steroid dienone is 1. The number of hydrogen-bond acceptors (Lipinski definition) is 6. The van der Waals surface area contributed by atoms with Crippen LogP contribution in [0.3, 0.4) is 0 Å². The Kier molecular flexibility index (Phi) is 10.7. The lowest BCUT2D eigenvalue weighted by Crippen LogP contribution is -2.43. The molecule has 152 valence electrons. The van der Waals surface area contributed by atoms with Gasteiger partial charge in [-0.15, -0.1) is 5.53 Å². The number of hydrogen-bond donors (Lipinski definition) is 2. The van der Waals surface area contributed by atoms with Gasteiger partial charge in [0.05, 0.1) is 13.2 Å². The Balaban J connectivity index is 0.00000301. The van der Waals surface area contributed by atoms with E-state index in [2.05, 4.69) is 38.7 Å². The summed E-state index contributed by atoms with van der Waals surface area (Å²) in [6.07, 6.45) is 3.80. The fourth-order valence-corrected chi connectivity index (χ4v) is 2.75. The van der Waals surface area contributed by atoms with Crippen LogP contribution in [-0.2, 0) is 14.3 Å². The highest BCUT2D eigenvalue weighted by Gasteiger charge is 2.26. The van der Waals surface area contributed by atoms with E-state index in [0.29, 0.717) is 26.1 Å². The molecule has 6 nitrogen and oxygen atoms in total. The van der Waals surface area contributed by atoms with Crippen molar-refractivity contribution in [3.8, 4) is 0 Å². The summed E-state index contributed by atoms with van der Waals surface area (Å²) in [4.78, 5) is 22.3. The van der Waals surface area contributed by atoms with Crippen molar-refractivity contribution in [1.29, 1.82) is 0 Å². The van der Waals surface area contributed by atoms with Gasteiger partial charge in [0.2, 0.25) is 0 Å². The molecule has 1 aliphatic heterocycles. The van der Waals surface area contributed by atoms with Crippen molar-refractivity contribution >= 4 is 11.6 Å². The van der Waals surface area contributed by atoms with Crippen LogP contribution in [0.5, 0.6) is 0 Å². The lowest BCUT2D eigenvalue weighted by molar-refractivity contribution is -0.120. The van der Waals surface area contributed by atoms with Crippen LogP contribution in [0.2, 0.25) is 0 Å². The minimum atomic E-state index is -0.130. The Morgan fingerprint density at radius 3 is 2.15 bits per heavy atom. The molecule has 0 aromatic carbocycles. The topological polar surface area (TPSA) is 70.7 Å². The average molecular weight is 370 g/mol. The zero-order valence-electron chi connectivity index (χ0n) is 18.0. The molecule has 1 aliphatic rings. The second-order valence-corrected chi connectivity index (χ2v) is 8.42. The van der Waals surface area contributed by atoms with E-state index in [1.165, 1.54) is 0 Å². The molecular weight excluding hydrogens is 330 g/mol. The summed E-state index contributed by atoms with van der Waals surface area (Å²) in [5, 5.41) is 1.99. The van der Waals surface area contributed by atoms with Crippen molar-refractivity contribution in [3.63, 3.8) is 0 Å². The van der Waals surface area contributed by atoms with Crippen LogP contribution >= 0.6 is 0 Å². The molecule has 0 fully saturated rings. The van der Waals surface area contributed by atoms with Crippen molar-refractivity contribution in [1.82, 2.24) is 16.0 Å². The number of rotatable bonds is 11. The molecule has 0 aromatic heterocycles. The maximum atomic E-state index is 11.3. The van der Waals surface area contributed by atoms with E-state index < -0.39 is 0 Å². The number of Topliss-reactive ketones (excluding diaryl/α,β-unsaturated/α-hetero) is 2. The lowest BCUT2D eigenvalue weighted by atomic mass is 9.88. The summed E-state index contributed by atoms with van der Waals surface area (Å²) in [6, 6.07) is 0. The minimum Gasteiger partial charge on any atom is -0.380 e. The maximum absolute atomic E-state index is 11.3. The molecule has 0 aromatic rings. The van der Waals surface area contributed by atoms with Gasteiger partial charge in [-0.25, -0.2) is 0 Å². The zero-order chi connectivity index (χ0) is 20.4. The maximum Gasteiger partial charge on any atom is 0.130 e. The monoisotopic (exact) mass is 369 g/mol. The Morgan fingerprint density at radius 1 is 1.04 bits per heavy atom. The van der Waals surface area contributed by atoms with Crippen LogP contribution in [0.1, 0.15) is 74.7 Å². The zero-order valence-corrected chi connectivity index (χ0v) is 18.0. The highest BCUT2D eigenvalue weighted by molar-refractivity contribution is 5.76. The van der Waals surface area contributed by atoms with E-state index in [9.17, 15) is 9.59 Å². The number of carbonyl (C=O) groups is 2. The Bertz CT molecular complexity index is 485. The molecule has 26 heavy (non-hydrogen) atoms. The van der Waals surface area contributed by atoms with Gasteiger partial charge in [-0.05, 0) is 25.7 Å². The quantitative estimate of drug-likeness (QED) is 0.580. The van der Waals surface area contributed by atoms with E-state index in [4.69, 9.17) is 4.74 Å². The molecule has 2 N–H and O–H groups in total. The first-order valence-corrected chi connectivity index (χ1v) is 9.55. The Morgan fingerprint density at radius 2 is 1.62 bits per heavy atom. The fraction of sp³-hybridized carbons (Fsp3) is 0.800. The van der Waals surface area contributed by atoms with Crippen LogP contribution in [0.15, 0.2) is 11.9 Å². The standard InChI is InChI=1S/C18H33N3O3.C2H6/c1-14(22)7-8-16-10-21(20-19-16)11-18(5,6)13-24-12-17(3,4)9-15(2)23;1-2/h10,19-20H,7-9,11-13H2,1-6H3;1-2H3. The molecule has 0 bridgehead atoms. The van der Waals surface area contributed by atoms with Crippen molar-refractivity contribution in [2.75, 3.05) is 19.8 Å². The summed E-state index contributed by atoms with van der Waals surface area (Å²) >= 11 is 0. The average Bonchev–Trinajstić information content (AvgIpc) is 2.92. The molecule has 0 atom stereocenters. The smallest absolute Gasteiger partial charge is 0.130 e. The van der Waals surface area contributed by atoms with Crippen molar-refractivity contribution in [2.24, 2.45) is 10.8 Å². The molecule has 0 amide bonds. The Labute approximate surface area is 159 Å². The van der Waals surface area contributed by atoms with E-state index in [1.807, 2.05) is 25.1 Å². The molecule has 0 saturated heterocycles. The number of ketones is 2. The van der Waals surface area contributed by atoms with Gasteiger partial charge < -0.3 is 19.8 Å². The first-order valence-electron chi connectivity index (χ1n) is 9.55. The van der Waals surface area contributed by atoms with Gasteiger partial charge in [0.1, 0.15) is 11.6 Å². The lowest BCUT2D eigenvalue weighted by Gasteiger charge is -2.31. The minimum absolute atomic E-state index is 0.0481. The molecule has 0 spiro atoms. The number of nitrogens with zero attached hydrogens (tertiary/aromatic N) is 1. The largest absolute Gasteiger partial charge is 0.380 e. The highest BCUT2D eigenvalue weighted by Crippen LogP contribution is 2.24. The third kappa shape index (κ3) is 11.3. The van der Waals surface area contributed by atoms with Crippen LogP contribution in [-0.4, -0.2) is 36.3 Å². The summed E-state index contributed by atoms with van der Waals surface area (Å²) in [5.74, 6) is 0.386. The van der Waals surface area contributed by atoms with Gasteiger partial charge in [0.25, 0.3) is 0 Å². The predicted molar refractivity (Wildman–Crippen MR) is 106 cm³/mol. The predicted octanol–water partition coefficient (Wildman–Crippen LogP) is 3.60. The fourth-order valence-electron chi connectivity index (χ4n) is 2.75. The van der Waals surface area contributed by atoms with E-state index in [0.717, 1.165) is 18.7 Å². The van der Waals surface area contributed by atoms with Crippen molar-refractivity contribution in [2.45, 2.75) is 74.7 Å². The normalized spacial score (nSPS) is 14.3. The van der Waals surface area contributed by atoms with Gasteiger partial charge in [0.15, 0.2) is 0 Å². The molecule has 1 rings (SSSR count). The molecule has 0 radical (unpaired) electrons. The first-order chi connectivity index (χ1) is 12.0. The molecule has 0 aliphatic carbocycles. The summed E-state index contributed by atoms with van der Waals surface area (Å²) in [7, 11) is 0. The van der Waals surface area contributed by atoms with Gasteiger partial charge in [-0.2, -0.15) is 0 Å². The number of carbonyl (C=O) groups excluding carboxylic acids is 2. The first kappa shape index (κ1) is 24.6. The van der Waals surface area contributed by atoms with Gasteiger partial charge in [-0.3, -0.25) is 5.01 Å². The highest BCUT2D eigenvalue weighted by atomic mass is 16.5. The molecule has 6 heteroatoms. The van der Waals surface area contributed by atoms with Crippen LogP contribution in [0.4, 0.5) is 0 Å². The van der Waals surface area contributed by atoms with Crippen LogP contribution in [0, 0.1) is 10.8 Å². The van der Waals surface area contributed by atoms with Crippen molar-refractivity contribution in [3.05, 3.63) is 11.9 Å². The van der Waals surface area contributed by atoms with E-state index >= 15 is 0 Å².